The summed E-state index contributed by atoms with van der Waals surface area (Å²) >= 11 is 6.39. The van der Waals surface area contributed by atoms with Crippen LogP contribution in [-0.4, -0.2) is 49.4 Å². The maximum Gasteiger partial charge on any atom is 0.258 e. The number of aromatic nitrogens is 3. The summed E-state index contributed by atoms with van der Waals surface area (Å²) in [5.41, 5.74) is 3.22. The van der Waals surface area contributed by atoms with Crippen LogP contribution >= 0.6 is 11.6 Å². The van der Waals surface area contributed by atoms with Crippen LogP contribution < -0.4 is 10.1 Å². The number of nitrogens with zero attached hydrogens (tertiary/aromatic N) is 3. The van der Waals surface area contributed by atoms with E-state index in [4.69, 9.17) is 20.9 Å². The number of rotatable bonds is 9. The van der Waals surface area contributed by atoms with Crippen LogP contribution in [0, 0.1) is 0 Å². The largest absolute Gasteiger partial charge is 0.489 e. The second-order valence-electron chi connectivity index (χ2n) is 9.41. The van der Waals surface area contributed by atoms with E-state index in [0.717, 1.165) is 46.9 Å². The Bertz CT molecular complexity index is 1360. The molecule has 184 valence electrons. The zero-order chi connectivity index (χ0) is 24.7. The standard InChI is InChI=1S/C26H29ClN4O4/c1-15(2)34-21-8-7-16(13-20(21)27)24-29-23(30-35-24)19-6-4-5-18-17(14-31(3)22(18)19)9-12-28-26(10-11-26)25(32)33/h4-8,13-15,25,28,32-33H,9-12H2,1-3H3. The fourth-order valence-corrected chi connectivity index (χ4v) is 4.70. The highest BCUT2D eigenvalue weighted by Crippen LogP contribution is 2.38. The number of fused-ring (bicyclic) bond motifs is 1. The molecule has 0 spiro atoms. The number of hydrogen-bond acceptors (Lipinski definition) is 7. The van der Waals surface area contributed by atoms with Gasteiger partial charge in [0, 0.05) is 29.8 Å². The summed E-state index contributed by atoms with van der Waals surface area (Å²) in [4.78, 5) is 4.65. The molecule has 0 unspecified atom stereocenters. The minimum atomic E-state index is -1.33. The number of nitrogens with one attached hydrogen (secondary N) is 1. The van der Waals surface area contributed by atoms with E-state index in [1.54, 1.807) is 12.1 Å². The first-order valence-corrected chi connectivity index (χ1v) is 12.1. The summed E-state index contributed by atoms with van der Waals surface area (Å²) in [6.07, 6.45) is 3.11. The molecule has 0 atom stereocenters. The molecule has 0 radical (unpaired) electrons. The highest BCUT2D eigenvalue weighted by Gasteiger charge is 2.48. The normalized spacial score (nSPS) is 14.9. The highest BCUT2D eigenvalue weighted by molar-refractivity contribution is 6.32. The van der Waals surface area contributed by atoms with Crippen molar-refractivity contribution in [3.63, 3.8) is 0 Å². The average molecular weight is 497 g/mol. The molecule has 9 heteroatoms. The number of aryl methyl sites for hydroxylation is 1. The van der Waals surface area contributed by atoms with Crippen molar-refractivity contribution in [3.05, 3.63) is 53.2 Å². The summed E-state index contributed by atoms with van der Waals surface area (Å²) in [7, 11) is 2.00. The van der Waals surface area contributed by atoms with E-state index >= 15 is 0 Å². The summed E-state index contributed by atoms with van der Waals surface area (Å²) in [5.74, 6) is 1.49. The van der Waals surface area contributed by atoms with Gasteiger partial charge < -0.3 is 29.4 Å². The van der Waals surface area contributed by atoms with Crippen LogP contribution in [-0.2, 0) is 13.5 Å². The van der Waals surface area contributed by atoms with Crippen molar-refractivity contribution in [3.8, 4) is 28.6 Å². The maximum atomic E-state index is 9.58. The zero-order valence-corrected chi connectivity index (χ0v) is 20.7. The van der Waals surface area contributed by atoms with Crippen molar-refractivity contribution in [2.75, 3.05) is 6.54 Å². The van der Waals surface area contributed by atoms with E-state index in [1.807, 2.05) is 39.1 Å². The molecule has 2 aromatic heterocycles. The van der Waals surface area contributed by atoms with Gasteiger partial charge in [-0.15, -0.1) is 0 Å². The molecule has 1 aliphatic carbocycles. The van der Waals surface area contributed by atoms with Crippen LogP contribution in [0.4, 0.5) is 0 Å². The van der Waals surface area contributed by atoms with Crippen molar-refractivity contribution in [1.82, 2.24) is 20.0 Å². The monoisotopic (exact) mass is 496 g/mol. The van der Waals surface area contributed by atoms with E-state index in [1.165, 1.54) is 0 Å². The lowest BCUT2D eigenvalue weighted by atomic mass is 10.1. The molecule has 4 aromatic rings. The highest BCUT2D eigenvalue weighted by atomic mass is 35.5. The Labute approximate surface area is 208 Å². The lowest BCUT2D eigenvalue weighted by Gasteiger charge is -2.19. The quantitative estimate of drug-likeness (QED) is 0.296. The Balaban J connectivity index is 1.40. The van der Waals surface area contributed by atoms with Crippen molar-refractivity contribution in [2.24, 2.45) is 7.05 Å². The van der Waals surface area contributed by atoms with E-state index in [-0.39, 0.29) is 6.10 Å². The number of para-hydroxylation sites is 1. The topological polar surface area (TPSA) is 106 Å². The van der Waals surface area contributed by atoms with Gasteiger partial charge in [-0.1, -0.05) is 28.9 Å². The van der Waals surface area contributed by atoms with Crippen molar-refractivity contribution < 1.29 is 19.5 Å². The lowest BCUT2D eigenvalue weighted by Crippen LogP contribution is -2.43. The van der Waals surface area contributed by atoms with Crippen LogP contribution in [0.3, 0.4) is 0 Å². The number of aliphatic hydroxyl groups is 2. The minimum Gasteiger partial charge on any atom is -0.489 e. The van der Waals surface area contributed by atoms with Gasteiger partial charge in [-0.05, 0) is 69.5 Å². The summed E-state index contributed by atoms with van der Waals surface area (Å²) in [5, 5.41) is 28.3. The van der Waals surface area contributed by atoms with E-state index in [9.17, 15) is 10.2 Å². The molecule has 0 saturated heterocycles. The summed E-state index contributed by atoms with van der Waals surface area (Å²) in [6, 6.07) is 11.5. The third-order valence-electron chi connectivity index (χ3n) is 6.45. The number of hydrogen-bond donors (Lipinski definition) is 3. The first kappa shape index (κ1) is 23.8. The second-order valence-corrected chi connectivity index (χ2v) is 9.82. The maximum absolute atomic E-state index is 9.58. The Morgan fingerprint density at radius 1 is 1.23 bits per heavy atom. The SMILES string of the molecule is CC(C)Oc1ccc(-c2nc(-c3cccc4c(CCNC5(C(O)O)CC5)cn(C)c34)no2)cc1Cl. The van der Waals surface area contributed by atoms with Crippen molar-refractivity contribution in [1.29, 1.82) is 0 Å². The van der Waals surface area contributed by atoms with Crippen LogP contribution in [0.5, 0.6) is 5.75 Å². The van der Waals surface area contributed by atoms with Gasteiger partial charge in [0.25, 0.3) is 5.89 Å². The molecule has 5 rings (SSSR count). The molecule has 1 saturated carbocycles. The Kier molecular flexibility index (Phi) is 6.31. The molecule has 1 fully saturated rings. The fraction of sp³-hybridized carbons (Fsp3) is 0.385. The minimum absolute atomic E-state index is 0.0240. The van der Waals surface area contributed by atoms with Crippen molar-refractivity contribution >= 4 is 22.5 Å². The molecule has 3 N–H and O–H groups in total. The first-order chi connectivity index (χ1) is 16.8. The molecule has 0 aliphatic heterocycles. The predicted molar refractivity (Wildman–Crippen MR) is 134 cm³/mol. The van der Waals surface area contributed by atoms with Gasteiger partial charge in [-0.2, -0.15) is 4.98 Å². The molecule has 8 nitrogen and oxygen atoms in total. The zero-order valence-electron chi connectivity index (χ0n) is 20.0. The van der Waals surface area contributed by atoms with Gasteiger partial charge in [0.2, 0.25) is 5.82 Å². The van der Waals surface area contributed by atoms with Crippen LogP contribution in [0.1, 0.15) is 32.3 Å². The van der Waals surface area contributed by atoms with E-state index in [2.05, 4.69) is 32.3 Å². The Morgan fingerprint density at radius 3 is 2.71 bits per heavy atom. The Morgan fingerprint density at radius 2 is 2.03 bits per heavy atom. The van der Waals surface area contributed by atoms with Gasteiger partial charge in [0.05, 0.1) is 22.2 Å². The number of aliphatic hydroxyl groups excluding tert-OH is 1. The molecular weight excluding hydrogens is 468 g/mol. The average Bonchev–Trinajstić information content (AvgIpc) is 3.33. The second kappa shape index (κ2) is 9.28. The van der Waals surface area contributed by atoms with Gasteiger partial charge >= 0.3 is 0 Å². The van der Waals surface area contributed by atoms with E-state index < -0.39 is 11.8 Å². The third-order valence-corrected chi connectivity index (χ3v) is 6.74. The molecule has 0 amide bonds. The Hall–Kier alpha value is -2.91. The molecule has 1 aliphatic rings. The first-order valence-electron chi connectivity index (χ1n) is 11.8. The van der Waals surface area contributed by atoms with Crippen LogP contribution in [0.25, 0.3) is 33.7 Å². The van der Waals surface area contributed by atoms with Crippen LogP contribution in [0.2, 0.25) is 5.02 Å². The molecule has 0 bridgehead atoms. The van der Waals surface area contributed by atoms with Gasteiger partial charge in [-0.25, -0.2) is 0 Å². The molecule has 2 aromatic carbocycles. The van der Waals surface area contributed by atoms with Crippen LogP contribution in [0.15, 0.2) is 47.1 Å². The third kappa shape index (κ3) is 4.67. The van der Waals surface area contributed by atoms with Crippen molar-refractivity contribution in [2.45, 2.75) is 51.0 Å². The fourth-order valence-electron chi connectivity index (χ4n) is 4.47. The summed E-state index contributed by atoms with van der Waals surface area (Å²) in [6.45, 7) is 4.55. The molecule has 2 heterocycles. The van der Waals surface area contributed by atoms with Gasteiger partial charge in [0.1, 0.15) is 5.75 Å². The number of halogens is 1. The smallest absolute Gasteiger partial charge is 0.258 e. The van der Waals surface area contributed by atoms with E-state index in [0.29, 0.717) is 29.0 Å². The number of ether oxygens (including phenoxy) is 1. The lowest BCUT2D eigenvalue weighted by molar-refractivity contribution is -0.0758. The predicted octanol–water partition coefficient (Wildman–Crippen LogP) is 4.31. The van der Waals surface area contributed by atoms with Gasteiger partial charge in [0.15, 0.2) is 6.29 Å². The molecular formula is C26H29ClN4O4. The summed E-state index contributed by atoms with van der Waals surface area (Å²) < 4.78 is 13.4. The van der Waals surface area contributed by atoms with Gasteiger partial charge in [-0.3, -0.25) is 0 Å². The number of benzene rings is 2. The molecule has 35 heavy (non-hydrogen) atoms.